The highest BCUT2D eigenvalue weighted by Gasteiger charge is 2.27. The Hall–Kier alpha value is -0.500. The van der Waals surface area contributed by atoms with Crippen LogP contribution in [0.15, 0.2) is 12.3 Å². The smallest absolute Gasteiger partial charge is 0.0212 e. The molecule has 1 fully saturated rings. The molecule has 0 saturated carbocycles. The van der Waals surface area contributed by atoms with Gasteiger partial charge in [-0.15, -0.1) is 0 Å². The summed E-state index contributed by atoms with van der Waals surface area (Å²) in [6, 6.07) is 0.691. The van der Waals surface area contributed by atoms with Gasteiger partial charge < -0.3 is 9.80 Å². The molecule has 1 rings (SSSR count). The molecule has 0 aliphatic carbocycles. The molecule has 1 aliphatic rings. The average molecular weight is 238 g/mol. The highest BCUT2D eigenvalue weighted by atomic mass is 15.2. The molecule has 0 aromatic heterocycles. The number of hydrogen-bond acceptors (Lipinski definition) is 2. The third-order valence-corrected chi connectivity index (χ3v) is 3.91. The summed E-state index contributed by atoms with van der Waals surface area (Å²) in [7, 11) is 2.19. The number of allylic oxidation sites excluding steroid dienone is 1. The molecule has 0 amide bonds. The van der Waals surface area contributed by atoms with Crippen molar-refractivity contribution in [2.24, 2.45) is 11.3 Å². The summed E-state index contributed by atoms with van der Waals surface area (Å²) < 4.78 is 0. The fourth-order valence-electron chi connectivity index (χ4n) is 2.55. The lowest BCUT2D eigenvalue weighted by Crippen LogP contribution is -2.33. The van der Waals surface area contributed by atoms with Crippen LogP contribution in [0.25, 0.3) is 0 Å². The molecule has 1 aliphatic heterocycles. The predicted octanol–water partition coefficient (Wildman–Crippen LogP) is 3.21. The van der Waals surface area contributed by atoms with E-state index in [1.165, 1.54) is 25.2 Å². The molecule has 1 atom stereocenters. The minimum absolute atomic E-state index is 0.186. The van der Waals surface area contributed by atoms with E-state index >= 15 is 0 Å². The molecule has 2 nitrogen and oxygen atoms in total. The van der Waals surface area contributed by atoms with E-state index in [-0.39, 0.29) is 5.41 Å². The van der Waals surface area contributed by atoms with E-state index in [1.807, 2.05) is 0 Å². The maximum atomic E-state index is 4.23. The Morgan fingerprint density at radius 2 is 2.00 bits per heavy atom. The van der Waals surface area contributed by atoms with Gasteiger partial charge >= 0.3 is 0 Å². The fourth-order valence-corrected chi connectivity index (χ4v) is 2.55. The third kappa shape index (κ3) is 4.02. The molecule has 0 N–H and O–H groups in total. The van der Waals surface area contributed by atoms with Gasteiger partial charge in [0.25, 0.3) is 0 Å². The Balaban J connectivity index is 2.43. The van der Waals surface area contributed by atoms with Crippen molar-refractivity contribution in [3.63, 3.8) is 0 Å². The summed E-state index contributed by atoms with van der Waals surface area (Å²) in [6.07, 6.45) is 1.33. The molecule has 0 radical (unpaired) electrons. The second-order valence-electron chi connectivity index (χ2n) is 6.82. The van der Waals surface area contributed by atoms with E-state index < -0.39 is 0 Å². The van der Waals surface area contributed by atoms with Gasteiger partial charge in [-0.3, -0.25) is 0 Å². The van der Waals surface area contributed by atoms with E-state index in [0.717, 1.165) is 12.5 Å². The minimum Gasteiger partial charge on any atom is -0.378 e. The summed E-state index contributed by atoms with van der Waals surface area (Å²) in [6.45, 7) is 19.2. The first-order valence-corrected chi connectivity index (χ1v) is 6.86. The minimum atomic E-state index is 0.186. The number of nitrogens with zero attached hydrogens (tertiary/aromatic N) is 2. The molecule has 0 bridgehead atoms. The largest absolute Gasteiger partial charge is 0.378 e. The van der Waals surface area contributed by atoms with Crippen molar-refractivity contribution in [1.82, 2.24) is 9.80 Å². The number of likely N-dealkylation sites (tertiary alicyclic amines) is 1. The summed E-state index contributed by atoms with van der Waals surface area (Å²) in [5.74, 6) is 0.807. The first kappa shape index (κ1) is 14.6. The number of rotatable bonds is 4. The average Bonchev–Trinajstić information content (AvgIpc) is 2.63. The quantitative estimate of drug-likeness (QED) is 0.742. The summed E-state index contributed by atoms with van der Waals surface area (Å²) in [5, 5.41) is 0. The lowest BCUT2D eigenvalue weighted by Gasteiger charge is -2.33. The first-order valence-electron chi connectivity index (χ1n) is 6.86. The maximum absolute atomic E-state index is 4.23. The summed E-state index contributed by atoms with van der Waals surface area (Å²) in [5.41, 5.74) is 1.44. The standard InChI is InChI=1S/C15H30N2/c1-12(2)17-9-8-14(11-17)10-16(7)13(3)15(4,5)6/h12,14H,3,8-11H2,1-2,4-7H3. The monoisotopic (exact) mass is 238 g/mol. The molecule has 1 heterocycles. The van der Waals surface area contributed by atoms with Crippen LogP contribution in [0.4, 0.5) is 0 Å². The Bertz CT molecular complexity index is 263. The highest BCUT2D eigenvalue weighted by Crippen LogP contribution is 2.28. The van der Waals surface area contributed by atoms with Crippen LogP contribution in [-0.2, 0) is 0 Å². The molecule has 0 spiro atoms. The van der Waals surface area contributed by atoms with Crippen LogP contribution >= 0.6 is 0 Å². The highest BCUT2D eigenvalue weighted by molar-refractivity contribution is 5.03. The van der Waals surface area contributed by atoms with Crippen LogP contribution in [0.5, 0.6) is 0 Å². The second-order valence-corrected chi connectivity index (χ2v) is 6.82. The van der Waals surface area contributed by atoms with Gasteiger partial charge in [0.2, 0.25) is 0 Å². The maximum Gasteiger partial charge on any atom is 0.0212 e. The van der Waals surface area contributed by atoms with Crippen molar-refractivity contribution < 1.29 is 0 Å². The van der Waals surface area contributed by atoms with E-state index in [0.29, 0.717) is 6.04 Å². The van der Waals surface area contributed by atoms with Gasteiger partial charge in [-0.1, -0.05) is 27.4 Å². The molecular formula is C15H30N2. The van der Waals surface area contributed by atoms with E-state index in [1.54, 1.807) is 0 Å². The van der Waals surface area contributed by atoms with Gasteiger partial charge in [-0.25, -0.2) is 0 Å². The zero-order chi connectivity index (χ0) is 13.2. The van der Waals surface area contributed by atoms with Gasteiger partial charge in [-0.05, 0) is 32.7 Å². The van der Waals surface area contributed by atoms with Crippen LogP contribution in [0.3, 0.4) is 0 Å². The van der Waals surface area contributed by atoms with Crippen molar-refractivity contribution >= 4 is 0 Å². The van der Waals surface area contributed by atoms with Crippen LogP contribution < -0.4 is 0 Å². The Kier molecular flexibility index (Phi) is 4.65. The van der Waals surface area contributed by atoms with Gasteiger partial charge in [0, 0.05) is 37.3 Å². The molecule has 0 aromatic carbocycles. The molecule has 2 heteroatoms. The molecular weight excluding hydrogens is 208 g/mol. The van der Waals surface area contributed by atoms with Crippen LogP contribution in [0.1, 0.15) is 41.0 Å². The van der Waals surface area contributed by atoms with E-state index in [9.17, 15) is 0 Å². The fraction of sp³-hybridized carbons (Fsp3) is 0.867. The van der Waals surface area contributed by atoms with Gasteiger partial charge in [-0.2, -0.15) is 0 Å². The zero-order valence-corrected chi connectivity index (χ0v) is 12.6. The lowest BCUT2D eigenvalue weighted by atomic mass is 9.91. The predicted molar refractivity (Wildman–Crippen MR) is 76.0 cm³/mol. The summed E-state index contributed by atoms with van der Waals surface area (Å²) in [4.78, 5) is 4.94. The zero-order valence-electron chi connectivity index (χ0n) is 12.6. The molecule has 100 valence electrons. The molecule has 0 aromatic rings. The van der Waals surface area contributed by atoms with Crippen LogP contribution in [-0.4, -0.2) is 42.5 Å². The lowest BCUT2D eigenvalue weighted by molar-refractivity contribution is 0.239. The van der Waals surface area contributed by atoms with Gasteiger partial charge in [0.15, 0.2) is 0 Å². The third-order valence-electron chi connectivity index (χ3n) is 3.91. The Labute approximate surface area is 108 Å². The normalized spacial score (nSPS) is 22.2. The van der Waals surface area contributed by atoms with Gasteiger partial charge in [0.05, 0.1) is 0 Å². The van der Waals surface area contributed by atoms with Crippen LogP contribution in [0.2, 0.25) is 0 Å². The van der Waals surface area contributed by atoms with Crippen molar-refractivity contribution in [2.45, 2.75) is 47.1 Å². The first-order chi connectivity index (χ1) is 7.71. The molecule has 1 unspecified atom stereocenters. The SMILES string of the molecule is C=C(N(C)CC1CCN(C(C)C)C1)C(C)(C)C. The Morgan fingerprint density at radius 3 is 2.41 bits per heavy atom. The number of hydrogen-bond donors (Lipinski definition) is 0. The molecule has 17 heavy (non-hydrogen) atoms. The van der Waals surface area contributed by atoms with Crippen molar-refractivity contribution in [3.05, 3.63) is 12.3 Å². The van der Waals surface area contributed by atoms with Crippen molar-refractivity contribution in [2.75, 3.05) is 26.7 Å². The molecule has 1 saturated heterocycles. The second kappa shape index (κ2) is 5.43. The van der Waals surface area contributed by atoms with Crippen molar-refractivity contribution in [3.8, 4) is 0 Å². The Morgan fingerprint density at radius 1 is 1.41 bits per heavy atom. The van der Waals surface area contributed by atoms with E-state index in [2.05, 4.69) is 58.0 Å². The topological polar surface area (TPSA) is 6.48 Å². The summed E-state index contributed by atoms with van der Waals surface area (Å²) >= 11 is 0. The van der Waals surface area contributed by atoms with Crippen LogP contribution in [0, 0.1) is 11.3 Å². The van der Waals surface area contributed by atoms with E-state index in [4.69, 9.17) is 0 Å². The van der Waals surface area contributed by atoms with Crippen molar-refractivity contribution in [1.29, 1.82) is 0 Å². The van der Waals surface area contributed by atoms with Gasteiger partial charge in [0.1, 0.15) is 0 Å².